The van der Waals surface area contributed by atoms with E-state index in [2.05, 4.69) is 20.6 Å². The molecule has 0 unspecified atom stereocenters. The number of halogens is 3. The van der Waals surface area contributed by atoms with Crippen LogP contribution >= 0.6 is 0 Å². The number of nitriles is 1. The minimum atomic E-state index is -4.58. The van der Waals surface area contributed by atoms with Gasteiger partial charge in [-0.15, -0.1) is 0 Å². The Morgan fingerprint density at radius 2 is 1.79 bits per heavy atom. The second kappa shape index (κ2) is 13.6. The summed E-state index contributed by atoms with van der Waals surface area (Å²) in [6, 6.07) is 11.0. The summed E-state index contributed by atoms with van der Waals surface area (Å²) in [5, 5.41) is 14.2. The minimum Gasteiger partial charge on any atom is -0.367 e. The average molecular weight is 532 g/mol. The largest absolute Gasteiger partial charge is 0.451 e. The van der Waals surface area contributed by atoms with Gasteiger partial charge in [0, 0.05) is 51.8 Å². The second-order valence-electron chi connectivity index (χ2n) is 9.18. The lowest BCUT2D eigenvalue weighted by atomic mass is 10.1. The number of amides is 2. The summed E-state index contributed by atoms with van der Waals surface area (Å²) in [6.45, 7) is 4.79. The van der Waals surface area contributed by atoms with Crippen molar-refractivity contribution in [3.63, 3.8) is 0 Å². The molecule has 1 aromatic carbocycles. The van der Waals surface area contributed by atoms with Gasteiger partial charge in [0.05, 0.1) is 11.6 Å². The van der Waals surface area contributed by atoms with Gasteiger partial charge in [0.1, 0.15) is 11.6 Å². The Balaban J connectivity index is 0.000000260. The predicted octanol–water partition coefficient (Wildman–Crippen LogP) is 3.37. The average Bonchev–Trinajstić information content (AvgIpc) is 3.45. The van der Waals surface area contributed by atoms with Crippen LogP contribution in [0.15, 0.2) is 30.3 Å². The lowest BCUT2D eigenvalue weighted by Gasteiger charge is -2.32. The number of anilines is 2. The summed E-state index contributed by atoms with van der Waals surface area (Å²) in [6.07, 6.45) is 0.182. The maximum Gasteiger partial charge on any atom is 0.451 e. The first-order valence-electron chi connectivity index (χ1n) is 12.6. The lowest BCUT2D eigenvalue weighted by Crippen LogP contribution is -2.41. The van der Waals surface area contributed by atoms with E-state index in [1.54, 1.807) is 23.1 Å². The zero-order chi connectivity index (χ0) is 27.5. The Bertz CT molecular complexity index is 1110. The highest BCUT2D eigenvalue weighted by atomic mass is 19.4. The molecule has 0 saturated carbocycles. The number of piperidine rings is 1. The number of likely N-dealkylation sites (tertiary alicyclic amines) is 1. The molecule has 4 rings (SSSR count). The van der Waals surface area contributed by atoms with Gasteiger partial charge in [-0.1, -0.05) is 12.1 Å². The molecule has 38 heavy (non-hydrogen) atoms. The zero-order valence-corrected chi connectivity index (χ0v) is 21.3. The highest BCUT2D eigenvalue weighted by Gasteiger charge is 2.36. The van der Waals surface area contributed by atoms with Crippen LogP contribution in [-0.4, -0.2) is 66.0 Å². The third-order valence-electron chi connectivity index (χ3n) is 6.41. The number of rotatable bonds is 7. The smallest absolute Gasteiger partial charge is 0.367 e. The SMILES string of the molecule is CC(=O)N1CCC(Nc2cc(N3CCCC3)nc(C(F)(F)F)n2)CC1.N#Cc1ccc(CCNC=O)cc1. The summed E-state index contributed by atoms with van der Waals surface area (Å²) in [7, 11) is 0. The van der Waals surface area contributed by atoms with Crippen LogP contribution in [0.1, 0.15) is 49.6 Å². The normalized spacial score (nSPS) is 15.8. The van der Waals surface area contributed by atoms with Crippen LogP contribution in [0.5, 0.6) is 0 Å². The summed E-state index contributed by atoms with van der Waals surface area (Å²) in [5.41, 5.74) is 1.78. The number of hydrogen-bond acceptors (Lipinski definition) is 7. The molecule has 0 bridgehead atoms. The summed E-state index contributed by atoms with van der Waals surface area (Å²) >= 11 is 0. The fraction of sp³-hybridized carbons (Fsp3) is 0.500. The van der Waals surface area contributed by atoms with Crippen molar-refractivity contribution in [2.75, 3.05) is 42.9 Å². The number of nitrogens with zero attached hydrogens (tertiary/aromatic N) is 5. The first kappa shape index (κ1) is 28.7. The van der Waals surface area contributed by atoms with Crippen molar-refractivity contribution in [2.45, 2.75) is 51.2 Å². The van der Waals surface area contributed by atoms with Gasteiger partial charge < -0.3 is 20.4 Å². The molecule has 0 spiro atoms. The maximum absolute atomic E-state index is 13.1. The molecule has 0 aliphatic carbocycles. The standard InChI is InChI=1S/C16H22F3N5O.C10H10N2O/c1-11(25)23-8-4-12(5-9-23)20-13-10-14(24-6-2-3-7-24)22-15(21-13)16(17,18)19;11-7-10-3-1-9(2-4-10)5-6-12-8-13/h10,12H,2-9H2,1H3,(H,20,21,22);1-4,8H,5-6H2,(H,12,13). The number of carbonyl (C=O) groups is 2. The molecule has 0 atom stereocenters. The number of hydrogen-bond donors (Lipinski definition) is 2. The van der Waals surface area contributed by atoms with Gasteiger partial charge in [0.15, 0.2) is 0 Å². The van der Waals surface area contributed by atoms with E-state index in [9.17, 15) is 22.8 Å². The molecule has 2 aliphatic heterocycles. The Labute approximate surface area is 220 Å². The molecule has 204 valence electrons. The van der Waals surface area contributed by atoms with Crippen molar-refractivity contribution in [1.82, 2.24) is 20.2 Å². The number of benzene rings is 1. The van der Waals surface area contributed by atoms with E-state index in [0.29, 0.717) is 63.4 Å². The third kappa shape index (κ3) is 8.61. The molecule has 0 radical (unpaired) electrons. The van der Waals surface area contributed by atoms with E-state index in [0.717, 1.165) is 24.8 Å². The Kier molecular flexibility index (Phi) is 10.3. The topological polar surface area (TPSA) is 114 Å². The predicted molar refractivity (Wildman–Crippen MR) is 136 cm³/mol. The second-order valence-corrected chi connectivity index (χ2v) is 9.18. The Hall–Kier alpha value is -3.88. The van der Waals surface area contributed by atoms with E-state index in [1.807, 2.05) is 23.1 Å². The lowest BCUT2D eigenvalue weighted by molar-refractivity contribution is -0.144. The van der Waals surface area contributed by atoms with Crippen molar-refractivity contribution >= 4 is 24.0 Å². The minimum absolute atomic E-state index is 0.00184. The molecule has 12 heteroatoms. The fourth-order valence-corrected chi connectivity index (χ4v) is 4.31. The van der Waals surface area contributed by atoms with Crippen LogP contribution in [0.3, 0.4) is 0 Å². The van der Waals surface area contributed by atoms with E-state index >= 15 is 0 Å². The van der Waals surface area contributed by atoms with Crippen molar-refractivity contribution in [3.8, 4) is 6.07 Å². The highest BCUT2D eigenvalue weighted by molar-refractivity contribution is 5.73. The van der Waals surface area contributed by atoms with Crippen molar-refractivity contribution in [2.24, 2.45) is 0 Å². The van der Waals surface area contributed by atoms with E-state index in [1.165, 1.54) is 6.92 Å². The molecule has 3 heterocycles. The molecular weight excluding hydrogens is 499 g/mol. The number of aromatic nitrogens is 2. The van der Waals surface area contributed by atoms with Crippen LogP contribution in [-0.2, 0) is 22.2 Å². The third-order valence-corrected chi connectivity index (χ3v) is 6.41. The molecule has 2 fully saturated rings. The zero-order valence-electron chi connectivity index (χ0n) is 21.3. The van der Waals surface area contributed by atoms with Crippen LogP contribution in [0, 0.1) is 11.3 Å². The molecule has 2 amide bonds. The van der Waals surface area contributed by atoms with Gasteiger partial charge >= 0.3 is 6.18 Å². The monoisotopic (exact) mass is 531 g/mol. The number of alkyl halides is 3. The molecule has 2 aliphatic rings. The molecule has 2 aromatic rings. The number of carbonyl (C=O) groups excluding carboxylic acids is 2. The maximum atomic E-state index is 13.1. The first-order chi connectivity index (χ1) is 18.2. The van der Waals surface area contributed by atoms with Crippen molar-refractivity contribution < 1.29 is 22.8 Å². The summed E-state index contributed by atoms with van der Waals surface area (Å²) < 4.78 is 39.4. The fourth-order valence-electron chi connectivity index (χ4n) is 4.31. The van der Waals surface area contributed by atoms with Gasteiger partial charge in [-0.3, -0.25) is 9.59 Å². The summed E-state index contributed by atoms with van der Waals surface area (Å²) in [4.78, 5) is 32.3. The van der Waals surface area contributed by atoms with E-state index in [4.69, 9.17) is 5.26 Å². The molecule has 2 saturated heterocycles. The Morgan fingerprint density at radius 1 is 1.13 bits per heavy atom. The molecule has 1 aromatic heterocycles. The highest BCUT2D eigenvalue weighted by Crippen LogP contribution is 2.30. The van der Waals surface area contributed by atoms with Gasteiger partial charge in [-0.05, 0) is 49.8 Å². The van der Waals surface area contributed by atoms with Crippen molar-refractivity contribution in [1.29, 1.82) is 5.26 Å². The van der Waals surface area contributed by atoms with Gasteiger partial charge in [-0.25, -0.2) is 9.97 Å². The Morgan fingerprint density at radius 3 is 2.34 bits per heavy atom. The first-order valence-corrected chi connectivity index (χ1v) is 12.6. The number of nitrogens with one attached hydrogen (secondary N) is 2. The molecule has 2 N–H and O–H groups in total. The quantitative estimate of drug-likeness (QED) is 0.416. The molecule has 9 nitrogen and oxygen atoms in total. The van der Waals surface area contributed by atoms with Crippen LogP contribution in [0.2, 0.25) is 0 Å². The van der Waals surface area contributed by atoms with Gasteiger partial charge in [0.25, 0.3) is 0 Å². The summed E-state index contributed by atoms with van der Waals surface area (Å²) in [5.74, 6) is -0.564. The van der Waals surface area contributed by atoms with E-state index in [-0.39, 0.29) is 17.8 Å². The van der Waals surface area contributed by atoms with E-state index < -0.39 is 12.0 Å². The van der Waals surface area contributed by atoms with Crippen LogP contribution in [0.4, 0.5) is 24.8 Å². The van der Waals surface area contributed by atoms with Gasteiger partial charge in [0.2, 0.25) is 18.1 Å². The van der Waals surface area contributed by atoms with Crippen LogP contribution < -0.4 is 15.5 Å². The van der Waals surface area contributed by atoms with Gasteiger partial charge in [-0.2, -0.15) is 18.4 Å². The van der Waals surface area contributed by atoms with Crippen molar-refractivity contribution in [3.05, 3.63) is 47.3 Å². The van der Waals surface area contributed by atoms with Crippen LogP contribution in [0.25, 0.3) is 0 Å². The molecular formula is C26H32F3N7O2.